The highest BCUT2D eigenvalue weighted by atomic mass is 79.9. The second-order valence-electron chi connectivity index (χ2n) is 8.15. The van der Waals surface area contributed by atoms with Gasteiger partial charge in [-0.1, -0.05) is 36.4 Å². The lowest BCUT2D eigenvalue weighted by Gasteiger charge is -2.21. The van der Waals surface area contributed by atoms with E-state index < -0.39 is 17.7 Å². The predicted octanol–water partition coefficient (Wildman–Crippen LogP) is 5.03. The van der Waals surface area contributed by atoms with Crippen molar-refractivity contribution in [2.24, 2.45) is 0 Å². The van der Waals surface area contributed by atoms with Crippen LogP contribution in [0.3, 0.4) is 0 Å². The molecule has 4 rings (SSSR count). The lowest BCUT2D eigenvalue weighted by Crippen LogP contribution is -2.42. The number of nitrogens with zero attached hydrogens (tertiary/aromatic N) is 2. The largest absolute Gasteiger partial charge is 0.383 e. The van der Waals surface area contributed by atoms with Crippen molar-refractivity contribution in [2.75, 3.05) is 38.7 Å². The van der Waals surface area contributed by atoms with E-state index in [1.54, 1.807) is 25.4 Å². The first-order valence-electron chi connectivity index (χ1n) is 10.9. The van der Waals surface area contributed by atoms with Crippen LogP contribution in [-0.2, 0) is 4.74 Å². The Kier molecular flexibility index (Phi) is 7.87. The normalized spacial score (nSPS) is 18.1. The van der Waals surface area contributed by atoms with E-state index in [0.717, 1.165) is 16.1 Å². The Bertz CT molecular complexity index is 1150. The molecule has 2 atom stereocenters. The molecule has 0 spiro atoms. The summed E-state index contributed by atoms with van der Waals surface area (Å²) in [6.07, 6.45) is 1.68. The molecular weight excluding hydrogens is 506 g/mol. The molecule has 1 fully saturated rings. The van der Waals surface area contributed by atoms with Crippen LogP contribution in [0.2, 0.25) is 0 Å². The van der Waals surface area contributed by atoms with Gasteiger partial charge in [-0.15, -0.1) is 0 Å². The van der Waals surface area contributed by atoms with Crippen LogP contribution < -0.4 is 10.6 Å². The molecular formula is C25H25BrF2N4O2. The SMILES string of the molecule is COCCN1CC(NC(=O)Nc2cc(Br)cnc2-c2ccccc2)C(c2ccc(F)c(F)c2)C1. The minimum absolute atomic E-state index is 0.202. The van der Waals surface area contributed by atoms with Crippen LogP contribution in [0.1, 0.15) is 11.5 Å². The molecule has 178 valence electrons. The molecule has 9 heteroatoms. The topological polar surface area (TPSA) is 66.5 Å². The number of ether oxygens (including phenoxy) is 1. The van der Waals surface area contributed by atoms with Gasteiger partial charge in [0.15, 0.2) is 11.6 Å². The summed E-state index contributed by atoms with van der Waals surface area (Å²) in [5.41, 5.74) is 2.70. The molecule has 3 aromatic rings. The molecule has 2 heterocycles. The fourth-order valence-electron chi connectivity index (χ4n) is 4.20. The van der Waals surface area contributed by atoms with Crippen molar-refractivity contribution in [2.45, 2.75) is 12.0 Å². The maximum absolute atomic E-state index is 13.9. The van der Waals surface area contributed by atoms with Gasteiger partial charge in [0.05, 0.1) is 24.0 Å². The van der Waals surface area contributed by atoms with Gasteiger partial charge in [0.1, 0.15) is 0 Å². The number of urea groups is 1. The number of anilines is 1. The minimum atomic E-state index is -0.899. The highest BCUT2D eigenvalue weighted by Crippen LogP contribution is 2.30. The van der Waals surface area contributed by atoms with Gasteiger partial charge >= 0.3 is 6.03 Å². The number of nitrogens with one attached hydrogen (secondary N) is 2. The second kappa shape index (κ2) is 11.0. The number of amides is 2. The number of halogens is 3. The van der Waals surface area contributed by atoms with Crippen molar-refractivity contribution in [3.63, 3.8) is 0 Å². The minimum Gasteiger partial charge on any atom is -0.383 e. The molecule has 2 amide bonds. The Labute approximate surface area is 205 Å². The molecule has 0 bridgehead atoms. The summed E-state index contributed by atoms with van der Waals surface area (Å²) in [6.45, 7) is 2.35. The number of methoxy groups -OCH3 is 1. The van der Waals surface area contributed by atoms with Crippen molar-refractivity contribution in [3.05, 3.63) is 82.5 Å². The average Bonchev–Trinajstić information content (AvgIpc) is 3.22. The van der Waals surface area contributed by atoms with Gasteiger partial charge in [0.25, 0.3) is 0 Å². The molecule has 1 aromatic heterocycles. The Balaban J connectivity index is 1.53. The summed E-state index contributed by atoms with van der Waals surface area (Å²) in [5, 5.41) is 5.93. The number of carbonyl (C=O) groups is 1. The summed E-state index contributed by atoms with van der Waals surface area (Å²) >= 11 is 3.41. The first kappa shape index (κ1) is 24.3. The number of carbonyl (C=O) groups excluding carboxylic acids is 1. The van der Waals surface area contributed by atoms with Crippen LogP contribution in [-0.4, -0.2) is 55.3 Å². The van der Waals surface area contributed by atoms with Crippen LogP contribution in [0.25, 0.3) is 11.3 Å². The van der Waals surface area contributed by atoms with Crippen LogP contribution in [0.15, 0.2) is 65.3 Å². The molecule has 1 saturated heterocycles. The van der Waals surface area contributed by atoms with Gasteiger partial charge in [-0.2, -0.15) is 0 Å². The van der Waals surface area contributed by atoms with Crippen LogP contribution in [0.4, 0.5) is 19.3 Å². The van der Waals surface area contributed by atoms with Gasteiger partial charge in [0.2, 0.25) is 0 Å². The van der Waals surface area contributed by atoms with Crippen LogP contribution in [0, 0.1) is 11.6 Å². The number of pyridine rings is 1. The van der Waals surface area contributed by atoms with Gasteiger partial charge in [-0.05, 0) is 39.7 Å². The molecule has 2 unspecified atom stereocenters. The monoisotopic (exact) mass is 530 g/mol. The number of aromatic nitrogens is 1. The Hall–Kier alpha value is -2.88. The first-order valence-corrected chi connectivity index (χ1v) is 11.7. The highest BCUT2D eigenvalue weighted by Gasteiger charge is 2.35. The zero-order valence-electron chi connectivity index (χ0n) is 18.6. The summed E-state index contributed by atoms with van der Waals surface area (Å²) < 4.78 is 33.3. The Morgan fingerprint density at radius 3 is 2.68 bits per heavy atom. The highest BCUT2D eigenvalue weighted by molar-refractivity contribution is 9.10. The third-order valence-corrected chi connectivity index (χ3v) is 6.28. The number of likely N-dealkylation sites (tertiary alicyclic amines) is 1. The fourth-order valence-corrected chi connectivity index (χ4v) is 4.53. The number of rotatable bonds is 7. The maximum atomic E-state index is 13.9. The van der Waals surface area contributed by atoms with E-state index in [9.17, 15) is 13.6 Å². The molecule has 2 N–H and O–H groups in total. The van der Waals surface area contributed by atoms with Crippen molar-refractivity contribution < 1.29 is 18.3 Å². The number of hydrogen-bond donors (Lipinski definition) is 2. The molecule has 2 aromatic carbocycles. The van der Waals surface area contributed by atoms with Gasteiger partial charge in [-0.3, -0.25) is 9.88 Å². The van der Waals surface area contributed by atoms with Gasteiger partial charge in [-0.25, -0.2) is 13.6 Å². The van der Waals surface area contributed by atoms with E-state index in [0.29, 0.717) is 43.2 Å². The molecule has 0 saturated carbocycles. The van der Waals surface area contributed by atoms with Gasteiger partial charge < -0.3 is 15.4 Å². The predicted molar refractivity (Wildman–Crippen MR) is 131 cm³/mol. The van der Waals surface area contributed by atoms with E-state index >= 15 is 0 Å². The number of benzene rings is 2. The van der Waals surface area contributed by atoms with E-state index in [1.807, 2.05) is 30.3 Å². The van der Waals surface area contributed by atoms with Crippen molar-refractivity contribution in [1.82, 2.24) is 15.2 Å². The van der Waals surface area contributed by atoms with Crippen molar-refractivity contribution in [3.8, 4) is 11.3 Å². The molecule has 1 aliphatic rings. The molecule has 34 heavy (non-hydrogen) atoms. The zero-order chi connectivity index (χ0) is 24.1. The lowest BCUT2D eigenvalue weighted by atomic mass is 9.94. The Morgan fingerprint density at radius 1 is 1.15 bits per heavy atom. The Morgan fingerprint density at radius 2 is 1.94 bits per heavy atom. The average molecular weight is 531 g/mol. The number of hydrogen-bond acceptors (Lipinski definition) is 4. The summed E-state index contributed by atoms with van der Waals surface area (Å²) in [4.78, 5) is 19.6. The first-order chi connectivity index (χ1) is 16.4. The van der Waals surface area contributed by atoms with Crippen LogP contribution in [0.5, 0.6) is 0 Å². The smallest absolute Gasteiger partial charge is 0.319 e. The van der Waals surface area contributed by atoms with E-state index in [4.69, 9.17) is 4.74 Å². The molecule has 0 radical (unpaired) electrons. The van der Waals surface area contributed by atoms with E-state index in [-0.39, 0.29) is 12.0 Å². The quantitative estimate of drug-likeness (QED) is 0.449. The van der Waals surface area contributed by atoms with Crippen molar-refractivity contribution in [1.29, 1.82) is 0 Å². The van der Waals surface area contributed by atoms with Crippen molar-refractivity contribution >= 4 is 27.6 Å². The summed E-state index contributed by atoms with van der Waals surface area (Å²) in [5.74, 6) is -1.99. The molecule has 6 nitrogen and oxygen atoms in total. The van der Waals surface area contributed by atoms with E-state index in [2.05, 4.69) is 36.4 Å². The summed E-state index contributed by atoms with van der Waals surface area (Å²) in [7, 11) is 1.63. The third-order valence-electron chi connectivity index (χ3n) is 5.85. The second-order valence-corrected chi connectivity index (χ2v) is 9.07. The zero-order valence-corrected chi connectivity index (χ0v) is 20.2. The van der Waals surface area contributed by atoms with Gasteiger partial charge in [0, 0.05) is 48.9 Å². The lowest BCUT2D eigenvalue weighted by molar-refractivity contribution is 0.159. The third kappa shape index (κ3) is 5.78. The summed E-state index contributed by atoms with van der Waals surface area (Å²) in [6, 6.07) is 14.6. The van der Waals surface area contributed by atoms with E-state index in [1.165, 1.54) is 6.07 Å². The standard InChI is InChI=1S/C25H25BrF2N4O2/c1-34-10-9-32-14-19(17-7-8-20(27)21(28)11-17)23(15-32)31-25(33)30-22-12-18(26)13-29-24(22)16-5-3-2-4-6-16/h2-8,11-13,19,23H,9-10,14-15H2,1H3,(H2,30,31,33). The van der Waals surface area contributed by atoms with Crippen LogP contribution >= 0.6 is 15.9 Å². The maximum Gasteiger partial charge on any atom is 0.319 e. The fraction of sp³-hybridized carbons (Fsp3) is 0.280. The molecule has 0 aliphatic carbocycles. The molecule has 1 aliphatic heterocycles.